The molecule has 0 fully saturated rings. The average molecular weight is 261 g/mol. The maximum absolute atomic E-state index is 3.56. The second kappa shape index (κ2) is 5.38. The summed E-state index contributed by atoms with van der Waals surface area (Å²) in [6.07, 6.45) is 0. The Bertz CT molecular complexity index is 738. The highest BCUT2D eigenvalue weighted by molar-refractivity contribution is 5.85. The Morgan fingerprint density at radius 1 is 0.850 bits per heavy atom. The third-order valence-corrected chi connectivity index (χ3v) is 3.74. The Labute approximate surface area is 120 Å². The molecular weight excluding hydrogens is 242 g/mol. The molecule has 0 aliphatic carbocycles. The second-order valence-electron chi connectivity index (χ2n) is 5.31. The van der Waals surface area contributed by atoms with Gasteiger partial charge in [0.05, 0.1) is 0 Å². The van der Waals surface area contributed by atoms with Gasteiger partial charge in [-0.25, -0.2) is 0 Å². The van der Waals surface area contributed by atoms with E-state index < -0.39 is 0 Å². The van der Waals surface area contributed by atoms with Crippen LogP contribution in [0.4, 0.5) is 5.69 Å². The van der Waals surface area contributed by atoms with Crippen LogP contribution in [0.1, 0.15) is 16.7 Å². The quantitative estimate of drug-likeness (QED) is 0.694. The predicted octanol–water partition coefficient (Wildman–Crippen LogP) is 5.07. The normalized spacial score (nSPS) is 10.7. The van der Waals surface area contributed by atoms with Gasteiger partial charge in [-0.1, -0.05) is 54.6 Å². The highest BCUT2D eigenvalue weighted by Crippen LogP contribution is 2.21. The Balaban J connectivity index is 1.89. The number of benzene rings is 3. The molecule has 100 valence electrons. The smallest absolute Gasteiger partial charge is 0.0407 e. The lowest BCUT2D eigenvalue weighted by Gasteiger charge is -2.12. The molecule has 3 rings (SSSR count). The van der Waals surface area contributed by atoms with Crippen molar-refractivity contribution in [3.05, 3.63) is 77.4 Å². The number of aryl methyl sites for hydroxylation is 2. The van der Waals surface area contributed by atoms with E-state index in [1.807, 2.05) is 0 Å². The van der Waals surface area contributed by atoms with Gasteiger partial charge in [0, 0.05) is 12.2 Å². The molecule has 3 aromatic rings. The van der Waals surface area contributed by atoms with E-state index in [1.165, 1.54) is 33.2 Å². The first-order valence-corrected chi connectivity index (χ1v) is 7.02. The van der Waals surface area contributed by atoms with Gasteiger partial charge < -0.3 is 5.32 Å². The summed E-state index contributed by atoms with van der Waals surface area (Å²) in [4.78, 5) is 0. The minimum atomic E-state index is 0.853. The molecule has 0 aliphatic heterocycles. The maximum atomic E-state index is 3.56. The first kappa shape index (κ1) is 12.7. The van der Waals surface area contributed by atoms with Gasteiger partial charge in [-0.2, -0.15) is 0 Å². The molecule has 0 saturated carbocycles. The minimum absolute atomic E-state index is 0.853. The topological polar surface area (TPSA) is 12.0 Å². The van der Waals surface area contributed by atoms with Gasteiger partial charge in [0.1, 0.15) is 0 Å². The molecule has 0 bridgehead atoms. The lowest BCUT2D eigenvalue weighted by molar-refractivity contribution is 1.15. The second-order valence-corrected chi connectivity index (χ2v) is 5.31. The lowest BCUT2D eigenvalue weighted by atomic mass is 10.0. The molecule has 3 aromatic carbocycles. The molecule has 1 heteroatoms. The number of hydrogen-bond donors (Lipinski definition) is 1. The van der Waals surface area contributed by atoms with Crippen molar-refractivity contribution in [2.24, 2.45) is 0 Å². The highest BCUT2D eigenvalue weighted by atomic mass is 14.9. The highest BCUT2D eigenvalue weighted by Gasteiger charge is 2.02. The van der Waals surface area contributed by atoms with E-state index >= 15 is 0 Å². The first-order valence-electron chi connectivity index (χ1n) is 7.02. The molecule has 20 heavy (non-hydrogen) atoms. The van der Waals surface area contributed by atoms with Crippen molar-refractivity contribution in [3.8, 4) is 0 Å². The summed E-state index contributed by atoms with van der Waals surface area (Å²) in [5, 5.41) is 6.19. The predicted molar refractivity (Wildman–Crippen MR) is 87.2 cm³/mol. The Kier molecular flexibility index (Phi) is 3.42. The molecule has 0 spiro atoms. The van der Waals surface area contributed by atoms with Crippen molar-refractivity contribution in [1.82, 2.24) is 0 Å². The summed E-state index contributed by atoms with van der Waals surface area (Å²) in [7, 11) is 0. The molecule has 0 radical (unpaired) electrons. The summed E-state index contributed by atoms with van der Waals surface area (Å²) in [6, 6.07) is 21.6. The van der Waals surface area contributed by atoms with Crippen LogP contribution < -0.4 is 5.32 Å². The first-order chi connectivity index (χ1) is 9.74. The molecule has 0 aromatic heterocycles. The van der Waals surface area contributed by atoms with Crippen molar-refractivity contribution < 1.29 is 0 Å². The van der Waals surface area contributed by atoms with E-state index in [0.717, 1.165) is 6.54 Å². The summed E-state index contributed by atoms with van der Waals surface area (Å²) < 4.78 is 0. The van der Waals surface area contributed by atoms with Crippen molar-refractivity contribution in [1.29, 1.82) is 0 Å². The van der Waals surface area contributed by atoms with Crippen molar-refractivity contribution in [3.63, 3.8) is 0 Å². The largest absolute Gasteiger partial charge is 0.381 e. The van der Waals surface area contributed by atoms with Crippen molar-refractivity contribution >= 4 is 16.5 Å². The van der Waals surface area contributed by atoms with E-state index in [4.69, 9.17) is 0 Å². The molecule has 0 heterocycles. The van der Waals surface area contributed by atoms with Crippen molar-refractivity contribution in [2.75, 3.05) is 5.32 Å². The third kappa shape index (κ3) is 2.53. The van der Waals surface area contributed by atoms with Gasteiger partial charge in [0.2, 0.25) is 0 Å². The van der Waals surface area contributed by atoms with Gasteiger partial charge >= 0.3 is 0 Å². The van der Waals surface area contributed by atoms with Crippen LogP contribution in [-0.4, -0.2) is 0 Å². The molecular formula is C19H19N. The van der Waals surface area contributed by atoms with E-state index in [-0.39, 0.29) is 0 Å². The van der Waals surface area contributed by atoms with Gasteiger partial charge in [0.15, 0.2) is 0 Å². The maximum Gasteiger partial charge on any atom is 0.0407 e. The van der Waals surface area contributed by atoms with Crippen molar-refractivity contribution in [2.45, 2.75) is 20.4 Å². The van der Waals surface area contributed by atoms with Gasteiger partial charge in [-0.15, -0.1) is 0 Å². The summed E-state index contributed by atoms with van der Waals surface area (Å²) in [6.45, 7) is 5.12. The van der Waals surface area contributed by atoms with Crippen LogP contribution in [0.15, 0.2) is 60.7 Å². The Hall–Kier alpha value is -2.28. The summed E-state index contributed by atoms with van der Waals surface area (Å²) >= 11 is 0. The summed E-state index contributed by atoms with van der Waals surface area (Å²) in [5.74, 6) is 0. The molecule has 0 amide bonds. The van der Waals surface area contributed by atoms with Gasteiger partial charge in [0.25, 0.3) is 0 Å². The van der Waals surface area contributed by atoms with E-state index in [9.17, 15) is 0 Å². The average Bonchev–Trinajstić information content (AvgIpc) is 2.48. The number of anilines is 1. The van der Waals surface area contributed by atoms with E-state index in [1.54, 1.807) is 0 Å². The van der Waals surface area contributed by atoms with Crippen LogP contribution >= 0.6 is 0 Å². The van der Waals surface area contributed by atoms with Crippen LogP contribution in [0.3, 0.4) is 0 Å². The molecule has 0 saturated heterocycles. The third-order valence-electron chi connectivity index (χ3n) is 3.74. The SMILES string of the molecule is Cc1ccc(C)c(NCc2cccc3ccccc23)c1. The number of nitrogens with one attached hydrogen (secondary N) is 1. The molecule has 0 aliphatic rings. The molecule has 1 N–H and O–H groups in total. The lowest BCUT2D eigenvalue weighted by Crippen LogP contribution is -2.01. The van der Waals surface area contributed by atoms with Gasteiger partial charge in [-0.3, -0.25) is 0 Å². The fourth-order valence-electron chi connectivity index (χ4n) is 2.56. The van der Waals surface area contributed by atoms with Crippen LogP contribution in [0.25, 0.3) is 10.8 Å². The standard InChI is InChI=1S/C19H19N/c1-14-10-11-15(2)19(12-14)20-13-17-8-5-7-16-6-3-4-9-18(16)17/h3-12,20H,13H2,1-2H3. The summed E-state index contributed by atoms with van der Waals surface area (Å²) in [5.41, 5.74) is 5.13. The van der Waals surface area contributed by atoms with E-state index in [0.29, 0.717) is 0 Å². The zero-order chi connectivity index (χ0) is 13.9. The molecule has 1 nitrogen and oxygen atoms in total. The number of hydrogen-bond acceptors (Lipinski definition) is 1. The van der Waals surface area contributed by atoms with Crippen LogP contribution in [-0.2, 0) is 6.54 Å². The van der Waals surface area contributed by atoms with E-state index in [2.05, 4.69) is 79.8 Å². The molecule has 0 unspecified atom stereocenters. The number of rotatable bonds is 3. The van der Waals surface area contributed by atoms with Crippen LogP contribution in [0.2, 0.25) is 0 Å². The van der Waals surface area contributed by atoms with Gasteiger partial charge in [-0.05, 0) is 47.4 Å². The minimum Gasteiger partial charge on any atom is -0.381 e. The fraction of sp³-hybridized carbons (Fsp3) is 0.158. The Morgan fingerprint density at radius 3 is 2.55 bits per heavy atom. The fourth-order valence-corrected chi connectivity index (χ4v) is 2.56. The molecule has 0 atom stereocenters. The number of fused-ring (bicyclic) bond motifs is 1. The zero-order valence-electron chi connectivity index (χ0n) is 12.0. The van der Waals surface area contributed by atoms with Crippen LogP contribution in [0, 0.1) is 13.8 Å². The monoisotopic (exact) mass is 261 g/mol. The Morgan fingerprint density at radius 2 is 1.65 bits per heavy atom. The zero-order valence-corrected chi connectivity index (χ0v) is 12.0. The van der Waals surface area contributed by atoms with Crippen LogP contribution in [0.5, 0.6) is 0 Å².